The van der Waals surface area contributed by atoms with E-state index in [2.05, 4.69) is 18.4 Å². The quantitative estimate of drug-likeness (QED) is 0.844. The minimum atomic E-state index is 0.547. The first kappa shape index (κ1) is 11.6. The lowest BCUT2D eigenvalue weighted by Gasteiger charge is -2.17. The molecule has 3 nitrogen and oxygen atoms in total. The maximum absolute atomic E-state index is 5.70. The van der Waals surface area contributed by atoms with Gasteiger partial charge in [-0.1, -0.05) is 13.8 Å². The Morgan fingerprint density at radius 3 is 2.94 bits per heavy atom. The number of aromatic nitrogens is 2. The van der Waals surface area contributed by atoms with Crippen LogP contribution in [0.2, 0.25) is 0 Å². The molecule has 0 radical (unpaired) electrons. The van der Waals surface area contributed by atoms with E-state index in [9.17, 15) is 0 Å². The highest BCUT2D eigenvalue weighted by molar-refractivity contribution is 5.20. The maximum atomic E-state index is 5.70. The molecule has 1 aliphatic heterocycles. The molecule has 0 fully saturated rings. The predicted octanol–water partition coefficient (Wildman–Crippen LogP) is 1.92. The highest BCUT2D eigenvalue weighted by Crippen LogP contribution is 2.23. The van der Waals surface area contributed by atoms with Crippen LogP contribution >= 0.6 is 0 Å². The molecule has 1 aliphatic rings. The molecule has 3 heteroatoms. The number of fused-ring (bicyclic) bond motifs is 1. The number of hydrogen-bond acceptors (Lipinski definition) is 2. The molecule has 2 rings (SSSR count). The van der Waals surface area contributed by atoms with Crippen LogP contribution in [0.1, 0.15) is 43.9 Å². The Bertz CT molecular complexity index is 354. The summed E-state index contributed by atoms with van der Waals surface area (Å²) in [4.78, 5) is 4.81. The van der Waals surface area contributed by atoms with Crippen LogP contribution in [0.15, 0.2) is 0 Å². The SMILES string of the molecule is CCc1nc(CC(C)CN)c2n1CCCC2. The molecule has 0 aromatic carbocycles. The zero-order valence-corrected chi connectivity index (χ0v) is 10.5. The Morgan fingerprint density at radius 2 is 2.25 bits per heavy atom. The average Bonchev–Trinajstić information content (AvgIpc) is 2.68. The number of aryl methyl sites for hydroxylation is 1. The molecule has 0 aliphatic carbocycles. The van der Waals surface area contributed by atoms with E-state index < -0.39 is 0 Å². The van der Waals surface area contributed by atoms with E-state index in [-0.39, 0.29) is 0 Å². The van der Waals surface area contributed by atoms with Gasteiger partial charge in [-0.2, -0.15) is 0 Å². The molecule has 0 saturated heterocycles. The molecule has 0 bridgehead atoms. The van der Waals surface area contributed by atoms with Crippen LogP contribution in [0.4, 0.5) is 0 Å². The molecule has 0 amide bonds. The van der Waals surface area contributed by atoms with Crippen LogP contribution in [0.3, 0.4) is 0 Å². The molecule has 2 heterocycles. The van der Waals surface area contributed by atoms with Crippen molar-refractivity contribution in [1.82, 2.24) is 9.55 Å². The van der Waals surface area contributed by atoms with Crippen LogP contribution in [-0.4, -0.2) is 16.1 Å². The second kappa shape index (κ2) is 5.00. The Morgan fingerprint density at radius 1 is 1.44 bits per heavy atom. The van der Waals surface area contributed by atoms with Crippen LogP contribution in [0.25, 0.3) is 0 Å². The molecule has 0 saturated carbocycles. The van der Waals surface area contributed by atoms with E-state index >= 15 is 0 Å². The van der Waals surface area contributed by atoms with Gasteiger partial charge in [0.1, 0.15) is 5.82 Å². The first-order valence-electron chi connectivity index (χ1n) is 6.53. The Labute approximate surface area is 98.1 Å². The summed E-state index contributed by atoms with van der Waals surface area (Å²) in [5.74, 6) is 1.82. The van der Waals surface area contributed by atoms with Crippen molar-refractivity contribution in [2.24, 2.45) is 11.7 Å². The molecule has 0 spiro atoms. The molecular formula is C13H23N3. The second-order valence-corrected chi connectivity index (χ2v) is 4.93. The Hall–Kier alpha value is -0.830. The number of rotatable bonds is 4. The number of hydrogen-bond donors (Lipinski definition) is 1. The topological polar surface area (TPSA) is 43.8 Å². The minimum absolute atomic E-state index is 0.547. The summed E-state index contributed by atoms with van der Waals surface area (Å²) in [5, 5.41) is 0. The largest absolute Gasteiger partial charge is 0.332 e. The van der Waals surface area contributed by atoms with E-state index in [4.69, 9.17) is 10.7 Å². The lowest BCUT2D eigenvalue weighted by molar-refractivity contribution is 0.509. The van der Waals surface area contributed by atoms with Crippen molar-refractivity contribution in [3.63, 3.8) is 0 Å². The Kier molecular flexibility index (Phi) is 3.64. The highest BCUT2D eigenvalue weighted by Gasteiger charge is 2.19. The minimum Gasteiger partial charge on any atom is -0.332 e. The van der Waals surface area contributed by atoms with E-state index in [0.29, 0.717) is 5.92 Å². The summed E-state index contributed by atoms with van der Waals surface area (Å²) in [7, 11) is 0. The first-order chi connectivity index (χ1) is 7.76. The fourth-order valence-corrected chi connectivity index (χ4v) is 2.54. The summed E-state index contributed by atoms with van der Waals surface area (Å²) < 4.78 is 2.45. The van der Waals surface area contributed by atoms with Crippen molar-refractivity contribution in [2.75, 3.05) is 6.54 Å². The van der Waals surface area contributed by atoms with Gasteiger partial charge in [0, 0.05) is 18.7 Å². The second-order valence-electron chi connectivity index (χ2n) is 4.93. The van der Waals surface area contributed by atoms with Gasteiger partial charge in [-0.25, -0.2) is 4.98 Å². The van der Waals surface area contributed by atoms with Crippen molar-refractivity contribution >= 4 is 0 Å². The van der Waals surface area contributed by atoms with Gasteiger partial charge in [0.05, 0.1) is 5.69 Å². The first-order valence-corrected chi connectivity index (χ1v) is 6.53. The monoisotopic (exact) mass is 221 g/mol. The third-order valence-electron chi connectivity index (χ3n) is 3.54. The van der Waals surface area contributed by atoms with Crippen LogP contribution in [0, 0.1) is 5.92 Å². The summed E-state index contributed by atoms with van der Waals surface area (Å²) >= 11 is 0. The van der Waals surface area contributed by atoms with Crippen LogP contribution < -0.4 is 5.73 Å². The van der Waals surface area contributed by atoms with Gasteiger partial charge in [0.15, 0.2) is 0 Å². The summed E-state index contributed by atoms with van der Waals surface area (Å²) in [6.07, 6.45) is 5.93. The fourth-order valence-electron chi connectivity index (χ4n) is 2.54. The molecule has 1 unspecified atom stereocenters. The van der Waals surface area contributed by atoms with Crippen molar-refractivity contribution < 1.29 is 0 Å². The zero-order chi connectivity index (χ0) is 11.5. The van der Waals surface area contributed by atoms with Gasteiger partial charge < -0.3 is 10.3 Å². The third-order valence-corrected chi connectivity index (χ3v) is 3.54. The molecule has 90 valence electrons. The van der Waals surface area contributed by atoms with Crippen molar-refractivity contribution in [3.8, 4) is 0 Å². The number of imidazole rings is 1. The average molecular weight is 221 g/mol. The lowest BCUT2D eigenvalue weighted by Crippen LogP contribution is -2.16. The molecule has 2 N–H and O–H groups in total. The van der Waals surface area contributed by atoms with Gasteiger partial charge >= 0.3 is 0 Å². The Balaban J connectivity index is 2.27. The standard InChI is InChI=1S/C13H23N3/c1-3-13-15-11(8-10(2)9-14)12-6-4-5-7-16(12)13/h10H,3-9,14H2,1-2H3. The van der Waals surface area contributed by atoms with Gasteiger partial charge in [-0.3, -0.25) is 0 Å². The van der Waals surface area contributed by atoms with Crippen LogP contribution in [0.5, 0.6) is 0 Å². The molecule has 1 aromatic heterocycles. The lowest BCUT2D eigenvalue weighted by atomic mass is 10.0. The van der Waals surface area contributed by atoms with E-state index in [1.54, 1.807) is 0 Å². The van der Waals surface area contributed by atoms with Gasteiger partial charge in [-0.15, -0.1) is 0 Å². The molecule has 1 aromatic rings. The van der Waals surface area contributed by atoms with Gasteiger partial charge in [0.25, 0.3) is 0 Å². The van der Waals surface area contributed by atoms with Crippen molar-refractivity contribution in [3.05, 3.63) is 17.2 Å². The molecular weight excluding hydrogens is 198 g/mol. The maximum Gasteiger partial charge on any atom is 0.108 e. The van der Waals surface area contributed by atoms with Crippen molar-refractivity contribution in [1.29, 1.82) is 0 Å². The normalized spacial score (nSPS) is 17.2. The predicted molar refractivity (Wildman–Crippen MR) is 66.5 cm³/mol. The van der Waals surface area contributed by atoms with Gasteiger partial charge in [0.2, 0.25) is 0 Å². The summed E-state index contributed by atoms with van der Waals surface area (Å²) in [6.45, 7) is 6.33. The van der Waals surface area contributed by atoms with Crippen LogP contribution in [-0.2, 0) is 25.8 Å². The van der Waals surface area contributed by atoms with Gasteiger partial charge in [-0.05, 0) is 38.1 Å². The molecule has 1 atom stereocenters. The smallest absolute Gasteiger partial charge is 0.108 e. The van der Waals surface area contributed by atoms with E-state index in [1.165, 1.54) is 43.0 Å². The van der Waals surface area contributed by atoms with E-state index in [0.717, 1.165) is 19.4 Å². The summed E-state index contributed by atoms with van der Waals surface area (Å²) in [5.41, 5.74) is 8.50. The third kappa shape index (κ3) is 2.14. The van der Waals surface area contributed by atoms with Crippen molar-refractivity contribution in [2.45, 2.75) is 52.5 Å². The number of nitrogens with two attached hydrogens (primary N) is 1. The summed E-state index contributed by atoms with van der Waals surface area (Å²) in [6, 6.07) is 0. The molecule has 16 heavy (non-hydrogen) atoms. The number of nitrogens with zero attached hydrogens (tertiary/aromatic N) is 2. The van der Waals surface area contributed by atoms with E-state index in [1.807, 2.05) is 0 Å². The zero-order valence-electron chi connectivity index (χ0n) is 10.5. The fraction of sp³-hybridized carbons (Fsp3) is 0.769. The highest BCUT2D eigenvalue weighted by atomic mass is 15.1.